The fourth-order valence-corrected chi connectivity index (χ4v) is 5.36. The fraction of sp³-hybridized carbons (Fsp3) is 0.462. The molecule has 0 bridgehead atoms. The molecule has 1 saturated heterocycles. The maximum absolute atomic E-state index is 12.9. The minimum atomic E-state index is -4.27. The van der Waals surface area contributed by atoms with Crippen LogP contribution in [0.4, 0.5) is 13.2 Å². The zero-order valence-corrected chi connectivity index (χ0v) is 20.1. The molecule has 0 amide bonds. The van der Waals surface area contributed by atoms with Crippen LogP contribution < -0.4 is 0 Å². The van der Waals surface area contributed by atoms with Crippen LogP contribution in [0.3, 0.4) is 0 Å². The van der Waals surface area contributed by atoms with E-state index in [4.69, 9.17) is 0 Å². The molecule has 0 unspecified atom stereocenters. The van der Waals surface area contributed by atoms with Crippen molar-refractivity contribution in [1.82, 2.24) is 19.7 Å². The van der Waals surface area contributed by atoms with Gasteiger partial charge in [0.05, 0.1) is 5.56 Å². The molecule has 2 heterocycles. The molecule has 1 aliphatic heterocycles. The molecule has 2 atom stereocenters. The number of benzene rings is 2. The maximum Gasteiger partial charge on any atom is 0.416 e. The number of fused-ring (bicyclic) bond motifs is 1. The summed E-state index contributed by atoms with van der Waals surface area (Å²) in [7, 11) is 2.04. The number of aryl methyl sites for hydroxylation is 1. The SMILES string of the molecule is Cl.Cn1c(CCCCN2C[C@@H]3C[C@]3(c3ccc(C(F)(F)F)cc3)C2)nnc1Cc1ccccc1. The van der Waals surface area contributed by atoms with Crippen LogP contribution >= 0.6 is 12.4 Å². The van der Waals surface area contributed by atoms with Gasteiger partial charge < -0.3 is 9.47 Å². The van der Waals surface area contributed by atoms with Gasteiger partial charge in [-0.1, -0.05) is 42.5 Å². The van der Waals surface area contributed by atoms with Crippen LogP contribution in [0.1, 0.15) is 47.6 Å². The van der Waals surface area contributed by atoms with Gasteiger partial charge in [-0.2, -0.15) is 13.2 Å². The van der Waals surface area contributed by atoms with E-state index in [0.717, 1.165) is 69.0 Å². The van der Waals surface area contributed by atoms with Crippen LogP contribution in [0.2, 0.25) is 0 Å². The first-order valence-electron chi connectivity index (χ1n) is 11.7. The number of hydrogen-bond donors (Lipinski definition) is 0. The number of piperidine rings is 1. The third kappa shape index (κ3) is 5.01. The van der Waals surface area contributed by atoms with Gasteiger partial charge in [0.1, 0.15) is 11.6 Å². The highest BCUT2D eigenvalue weighted by molar-refractivity contribution is 5.85. The summed E-state index contributed by atoms with van der Waals surface area (Å²) in [4.78, 5) is 2.48. The Morgan fingerprint density at radius 3 is 2.38 bits per heavy atom. The van der Waals surface area contributed by atoms with Crippen LogP contribution in [0.15, 0.2) is 54.6 Å². The van der Waals surface area contributed by atoms with Crippen molar-refractivity contribution in [2.45, 2.75) is 43.7 Å². The van der Waals surface area contributed by atoms with E-state index in [1.165, 1.54) is 17.7 Å². The molecule has 2 fully saturated rings. The molecule has 5 rings (SSSR count). The van der Waals surface area contributed by atoms with Crippen molar-refractivity contribution in [2.24, 2.45) is 13.0 Å². The van der Waals surface area contributed by atoms with E-state index < -0.39 is 11.7 Å². The number of unbranched alkanes of at least 4 members (excludes halogenated alkanes) is 1. The predicted molar refractivity (Wildman–Crippen MR) is 128 cm³/mol. The van der Waals surface area contributed by atoms with Crippen LogP contribution in [-0.4, -0.2) is 39.3 Å². The van der Waals surface area contributed by atoms with E-state index in [-0.39, 0.29) is 17.8 Å². The second-order valence-electron chi connectivity index (χ2n) is 9.58. The van der Waals surface area contributed by atoms with Crippen molar-refractivity contribution in [3.8, 4) is 0 Å². The van der Waals surface area contributed by atoms with Crippen molar-refractivity contribution < 1.29 is 13.2 Å². The first-order chi connectivity index (χ1) is 15.8. The van der Waals surface area contributed by atoms with E-state index in [1.807, 2.05) is 25.2 Å². The summed E-state index contributed by atoms with van der Waals surface area (Å²) in [6.45, 7) is 3.02. The van der Waals surface area contributed by atoms with Gasteiger partial charge in [-0.25, -0.2) is 0 Å². The minimum Gasteiger partial charge on any atom is -0.318 e. The molecule has 1 saturated carbocycles. The molecular formula is C26H30ClF3N4. The molecule has 34 heavy (non-hydrogen) atoms. The highest BCUT2D eigenvalue weighted by Gasteiger charge is 2.60. The van der Waals surface area contributed by atoms with Gasteiger partial charge in [-0.3, -0.25) is 0 Å². The molecule has 3 aromatic rings. The first-order valence-corrected chi connectivity index (χ1v) is 11.7. The van der Waals surface area contributed by atoms with Crippen molar-refractivity contribution in [3.63, 3.8) is 0 Å². The van der Waals surface area contributed by atoms with Gasteiger partial charge in [-0.15, -0.1) is 22.6 Å². The van der Waals surface area contributed by atoms with Gasteiger partial charge in [0.15, 0.2) is 0 Å². The Bertz CT molecular complexity index is 1100. The number of aromatic nitrogens is 3. The molecule has 0 N–H and O–H groups in total. The zero-order valence-electron chi connectivity index (χ0n) is 19.3. The molecule has 2 aromatic carbocycles. The highest BCUT2D eigenvalue weighted by Crippen LogP contribution is 2.59. The number of rotatable bonds is 8. The summed E-state index contributed by atoms with van der Waals surface area (Å²) in [5.74, 6) is 2.58. The highest BCUT2D eigenvalue weighted by atomic mass is 35.5. The van der Waals surface area contributed by atoms with E-state index in [2.05, 4.69) is 31.8 Å². The zero-order chi connectivity index (χ0) is 23.1. The number of hydrogen-bond acceptors (Lipinski definition) is 3. The smallest absolute Gasteiger partial charge is 0.318 e. The van der Waals surface area contributed by atoms with E-state index in [0.29, 0.717) is 5.92 Å². The largest absolute Gasteiger partial charge is 0.416 e. The molecule has 4 nitrogen and oxygen atoms in total. The van der Waals surface area contributed by atoms with E-state index in [9.17, 15) is 13.2 Å². The van der Waals surface area contributed by atoms with Gasteiger partial charge >= 0.3 is 6.18 Å². The average Bonchev–Trinajstić information content (AvgIpc) is 3.21. The first kappa shape index (κ1) is 24.7. The standard InChI is InChI=1S/C26H29F3N4.ClH/c1-32-23(30-31-24(32)15-19-7-3-2-4-8-19)9-5-6-14-33-17-22-16-25(22,18-33)20-10-12-21(13-11-20)26(27,28)29;/h2-4,7-8,10-13,22H,5-6,9,14-18H2,1H3;1H/t22-,25+;/m0./s1. The van der Waals surface area contributed by atoms with Crippen molar-refractivity contribution >= 4 is 12.4 Å². The minimum absolute atomic E-state index is 0. The molecule has 182 valence electrons. The molecule has 8 heteroatoms. The van der Waals surface area contributed by atoms with E-state index in [1.54, 1.807) is 12.1 Å². The van der Waals surface area contributed by atoms with Crippen molar-refractivity contribution in [1.29, 1.82) is 0 Å². The average molecular weight is 491 g/mol. The number of halogens is 4. The quantitative estimate of drug-likeness (QED) is 0.394. The van der Waals surface area contributed by atoms with Crippen molar-refractivity contribution in [2.75, 3.05) is 19.6 Å². The fourth-order valence-electron chi connectivity index (χ4n) is 5.36. The Kier molecular flexibility index (Phi) is 7.06. The summed E-state index contributed by atoms with van der Waals surface area (Å²) < 4.78 is 40.7. The Balaban J connectivity index is 0.00000274. The predicted octanol–water partition coefficient (Wildman–Crippen LogP) is 5.44. The number of alkyl halides is 3. The van der Waals surface area contributed by atoms with Crippen LogP contribution in [0.5, 0.6) is 0 Å². The van der Waals surface area contributed by atoms with Gasteiger partial charge in [0.25, 0.3) is 0 Å². The lowest BCUT2D eigenvalue weighted by Crippen LogP contribution is -2.27. The summed E-state index contributed by atoms with van der Waals surface area (Å²) in [5, 5.41) is 8.77. The van der Waals surface area contributed by atoms with Gasteiger partial charge in [0, 0.05) is 38.4 Å². The molecule has 1 aliphatic carbocycles. The lowest BCUT2D eigenvalue weighted by atomic mass is 9.94. The van der Waals surface area contributed by atoms with E-state index >= 15 is 0 Å². The van der Waals surface area contributed by atoms with Crippen molar-refractivity contribution in [3.05, 3.63) is 82.9 Å². The van der Waals surface area contributed by atoms with Crippen LogP contribution in [0.25, 0.3) is 0 Å². The summed E-state index contributed by atoms with van der Waals surface area (Å²) in [6, 6.07) is 16.1. The molecule has 2 aliphatic rings. The Hall–Kier alpha value is -2.38. The number of nitrogens with zero attached hydrogens (tertiary/aromatic N) is 4. The molecule has 1 aromatic heterocycles. The summed E-state index contributed by atoms with van der Waals surface area (Å²) in [6.07, 6.45) is 0.636. The van der Waals surface area contributed by atoms with Gasteiger partial charge in [0.2, 0.25) is 0 Å². The third-order valence-electron chi connectivity index (χ3n) is 7.39. The second-order valence-corrected chi connectivity index (χ2v) is 9.58. The molecule has 0 radical (unpaired) electrons. The summed E-state index contributed by atoms with van der Waals surface area (Å²) >= 11 is 0. The number of likely N-dealkylation sites (tertiary alicyclic amines) is 1. The summed E-state index contributed by atoms with van der Waals surface area (Å²) in [5.41, 5.74) is 1.80. The third-order valence-corrected chi connectivity index (χ3v) is 7.39. The Morgan fingerprint density at radius 2 is 1.68 bits per heavy atom. The van der Waals surface area contributed by atoms with Crippen LogP contribution in [-0.2, 0) is 31.5 Å². The van der Waals surface area contributed by atoms with Gasteiger partial charge in [-0.05, 0) is 55.0 Å². The maximum atomic E-state index is 12.9. The normalized spacial score (nSPS) is 21.8. The van der Waals surface area contributed by atoms with Crippen LogP contribution in [0, 0.1) is 5.92 Å². The Morgan fingerprint density at radius 1 is 0.971 bits per heavy atom. The topological polar surface area (TPSA) is 34.0 Å². The molecular weight excluding hydrogens is 461 g/mol. The lowest BCUT2D eigenvalue weighted by molar-refractivity contribution is -0.137. The molecule has 0 spiro atoms. The second kappa shape index (κ2) is 9.70. The Labute approximate surface area is 204 Å². The monoisotopic (exact) mass is 490 g/mol. The lowest BCUT2D eigenvalue weighted by Gasteiger charge is -2.21.